The standard InChI is InChI=1S/C24H35N7O2/c25-18(15-5-1-2-6-15)13-21(26)28-22-17-7-3-8-19(17)27-24(29-22)31-11-4-9-20(31)23(33)30-12-10-16(32)14-30/h13,15-16,20,32H,1-12,14,25H2,(H2,26,27,28,29)/b18-13-. The number of amides is 1. The number of allylic oxidation sites excluding steroid dienone is 1. The van der Waals surface area contributed by atoms with E-state index in [0.29, 0.717) is 43.0 Å². The van der Waals surface area contributed by atoms with Gasteiger partial charge in [-0.05, 0) is 63.4 Å². The van der Waals surface area contributed by atoms with E-state index >= 15 is 0 Å². The van der Waals surface area contributed by atoms with E-state index in [1.165, 1.54) is 12.8 Å². The van der Waals surface area contributed by atoms with Crippen molar-refractivity contribution < 1.29 is 9.90 Å². The second-order valence-electron chi connectivity index (χ2n) is 9.87. The Balaban J connectivity index is 1.41. The highest BCUT2D eigenvalue weighted by molar-refractivity contribution is 5.94. The van der Waals surface area contributed by atoms with Crippen LogP contribution in [-0.2, 0) is 17.6 Å². The van der Waals surface area contributed by atoms with Crippen molar-refractivity contribution in [3.05, 3.63) is 23.0 Å². The summed E-state index contributed by atoms with van der Waals surface area (Å²) in [6.07, 6.45) is 11.1. The highest BCUT2D eigenvalue weighted by Crippen LogP contribution is 2.33. The summed E-state index contributed by atoms with van der Waals surface area (Å²) < 4.78 is 0. The summed E-state index contributed by atoms with van der Waals surface area (Å²) in [5.74, 6) is 2.00. The number of aromatic nitrogens is 2. The molecule has 33 heavy (non-hydrogen) atoms. The fraction of sp³-hybridized carbons (Fsp3) is 0.667. The number of hydrogen-bond donors (Lipinski definition) is 3. The number of likely N-dealkylation sites (tertiary alicyclic amines) is 1. The third-order valence-corrected chi connectivity index (χ3v) is 7.55. The molecule has 178 valence electrons. The molecule has 0 spiro atoms. The topological polar surface area (TPSA) is 134 Å². The number of amidine groups is 1. The smallest absolute Gasteiger partial charge is 0.245 e. The summed E-state index contributed by atoms with van der Waals surface area (Å²) in [6.45, 7) is 1.75. The average molecular weight is 454 g/mol. The lowest BCUT2D eigenvalue weighted by Crippen LogP contribution is -2.45. The van der Waals surface area contributed by atoms with E-state index in [1.807, 2.05) is 4.90 Å². The monoisotopic (exact) mass is 453 g/mol. The highest BCUT2D eigenvalue weighted by atomic mass is 16.3. The van der Waals surface area contributed by atoms with E-state index < -0.39 is 6.10 Å². The van der Waals surface area contributed by atoms with Crippen molar-refractivity contribution in [1.29, 1.82) is 0 Å². The zero-order valence-corrected chi connectivity index (χ0v) is 19.2. The summed E-state index contributed by atoms with van der Waals surface area (Å²) in [5, 5.41) is 9.86. The molecule has 5 rings (SSSR count). The zero-order valence-electron chi connectivity index (χ0n) is 19.2. The molecular weight excluding hydrogens is 418 g/mol. The Labute approximate surface area is 195 Å². The fourth-order valence-electron chi connectivity index (χ4n) is 5.74. The number of carbonyl (C=O) groups excluding carboxylic acids is 1. The minimum absolute atomic E-state index is 0.0602. The molecule has 0 bridgehead atoms. The molecule has 3 heterocycles. The Bertz CT molecular complexity index is 970. The molecule has 9 heteroatoms. The molecule has 3 fully saturated rings. The van der Waals surface area contributed by atoms with Crippen LogP contribution in [0.3, 0.4) is 0 Å². The lowest BCUT2D eigenvalue weighted by Gasteiger charge is -2.28. The summed E-state index contributed by atoms with van der Waals surface area (Å²) in [6, 6.07) is -0.290. The van der Waals surface area contributed by atoms with Gasteiger partial charge < -0.3 is 26.4 Å². The van der Waals surface area contributed by atoms with Crippen molar-refractivity contribution in [3.63, 3.8) is 0 Å². The van der Waals surface area contributed by atoms with Gasteiger partial charge in [0.05, 0.1) is 11.8 Å². The molecule has 2 unspecified atom stereocenters. The molecule has 4 aliphatic rings. The van der Waals surface area contributed by atoms with Crippen molar-refractivity contribution in [2.75, 3.05) is 24.5 Å². The molecule has 2 saturated heterocycles. The lowest BCUT2D eigenvalue weighted by molar-refractivity contribution is -0.131. The number of carbonyl (C=O) groups is 1. The van der Waals surface area contributed by atoms with Gasteiger partial charge in [0, 0.05) is 30.9 Å². The van der Waals surface area contributed by atoms with Crippen LogP contribution in [0.5, 0.6) is 0 Å². The Hall–Kier alpha value is -2.68. The zero-order chi connectivity index (χ0) is 22.9. The molecule has 1 amide bonds. The molecule has 1 saturated carbocycles. The quantitative estimate of drug-likeness (QED) is 0.455. The number of anilines is 1. The number of rotatable bonds is 5. The Kier molecular flexibility index (Phi) is 6.23. The molecule has 9 nitrogen and oxygen atoms in total. The number of hydrogen-bond acceptors (Lipinski definition) is 7. The van der Waals surface area contributed by atoms with E-state index in [1.54, 1.807) is 11.0 Å². The number of nitrogens with zero attached hydrogens (tertiary/aromatic N) is 5. The molecule has 0 radical (unpaired) electrons. The van der Waals surface area contributed by atoms with Gasteiger partial charge in [0.25, 0.3) is 0 Å². The van der Waals surface area contributed by atoms with Crippen LogP contribution in [0.25, 0.3) is 0 Å². The second kappa shape index (κ2) is 9.29. The van der Waals surface area contributed by atoms with Crippen LogP contribution in [0, 0.1) is 5.92 Å². The number of fused-ring (bicyclic) bond motifs is 1. The van der Waals surface area contributed by atoms with Gasteiger partial charge in [-0.15, -0.1) is 0 Å². The number of aliphatic imine (C=N–C) groups is 1. The largest absolute Gasteiger partial charge is 0.402 e. The maximum absolute atomic E-state index is 13.2. The SMILES string of the molecule is NC(/C=C(\N)C1CCCC1)=Nc1nc(N2CCCC2C(=O)N2CCC(O)C2)nc2c1CCC2. The van der Waals surface area contributed by atoms with E-state index in [0.717, 1.165) is 68.4 Å². The van der Waals surface area contributed by atoms with Crippen LogP contribution in [0.15, 0.2) is 16.8 Å². The minimum atomic E-state index is -0.423. The predicted octanol–water partition coefficient (Wildman–Crippen LogP) is 1.55. The predicted molar refractivity (Wildman–Crippen MR) is 127 cm³/mol. The van der Waals surface area contributed by atoms with Gasteiger partial charge in [-0.2, -0.15) is 4.98 Å². The first-order valence-electron chi connectivity index (χ1n) is 12.4. The lowest BCUT2D eigenvalue weighted by atomic mass is 10.0. The third kappa shape index (κ3) is 4.55. The number of aliphatic hydroxyl groups excluding tert-OH is 1. The van der Waals surface area contributed by atoms with Crippen molar-refractivity contribution in [1.82, 2.24) is 14.9 Å². The summed E-state index contributed by atoms with van der Waals surface area (Å²) in [7, 11) is 0. The van der Waals surface area contributed by atoms with Crippen molar-refractivity contribution >= 4 is 23.5 Å². The Morgan fingerprint density at radius 2 is 1.85 bits per heavy atom. The average Bonchev–Trinajstić information content (AvgIpc) is 3.60. The van der Waals surface area contributed by atoms with E-state index in [2.05, 4.69) is 4.99 Å². The van der Waals surface area contributed by atoms with Gasteiger partial charge in [0.1, 0.15) is 11.9 Å². The molecule has 0 aromatic carbocycles. The van der Waals surface area contributed by atoms with Gasteiger partial charge in [0.15, 0.2) is 5.82 Å². The molecule has 2 aliphatic heterocycles. The van der Waals surface area contributed by atoms with Gasteiger partial charge in [-0.1, -0.05) is 12.8 Å². The summed E-state index contributed by atoms with van der Waals surface area (Å²) in [4.78, 5) is 31.3. The summed E-state index contributed by atoms with van der Waals surface area (Å²) >= 11 is 0. The Morgan fingerprint density at radius 3 is 2.61 bits per heavy atom. The first-order chi connectivity index (χ1) is 16.0. The summed E-state index contributed by atoms with van der Waals surface area (Å²) in [5.41, 5.74) is 15.4. The van der Waals surface area contributed by atoms with Gasteiger partial charge in [-0.25, -0.2) is 9.98 Å². The molecule has 2 atom stereocenters. The van der Waals surface area contributed by atoms with E-state index in [4.69, 9.17) is 21.4 Å². The van der Waals surface area contributed by atoms with Crippen molar-refractivity contribution in [3.8, 4) is 0 Å². The minimum Gasteiger partial charge on any atom is -0.402 e. The molecule has 1 aromatic heterocycles. The molecule has 1 aromatic rings. The van der Waals surface area contributed by atoms with E-state index in [-0.39, 0.29) is 11.9 Å². The third-order valence-electron chi connectivity index (χ3n) is 7.55. The second-order valence-corrected chi connectivity index (χ2v) is 9.87. The first-order valence-corrected chi connectivity index (χ1v) is 12.4. The van der Waals surface area contributed by atoms with Crippen LogP contribution >= 0.6 is 0 Å². The van der Waals surface area contributed by atoms with Crippen molar-refractivity contribution in [2.24, 2.45) is 22.4 Å². The van der Waals surface area contributed by atoms with Crippen LogP contribution in [0.1, 0.15) is 62.6 Å². The first kappa shape index (κ1) is 22.1. The highest BCUT2D eigenvalue weighted by Gasteiger charge is 2.38. The van der Waals surface area contributed by atoms with Gasteiger partial charge in [-0.3, -0.25) is 4.79 Å². The van der Waals surface area contributed by atoms with Gasteiger partial charge in [0.2, 0.25) is 11.9 Å². The molecule has 2 aliphatic carbocycles. The number of aliphatic hydroxyl groups is 1. The van der Waals surface area contributed by atoms with Gasteiger partial charge >= 0.3 is 0 Å². The van der Waals surface area contributed by atoms with E-state index in [9.17, 15) is 9.90 Å². The fourth-order valence-corrected chi connectivity index (χ4v) is 5.74. The van der Waals surface area contributed by atoms with Crippen LogP contribution in [-0.4, -0.2) is 63.5 Å². The number of β-amino-alcohol motifs (C(OH)–C–C–N with tert-alkyl or cyclic N) is 1. The maximum atomic E-state index is 13.2. The number of aryl methyl sites for hydroxylation is 1. The normalized spacial score (nSPS) is 26.5. The maximum Gasteiger partial charge on any atom is 0.245 e. The van der Waals surface area contributed by atoms with Crippen LogP contribution in [0.2, 0.25) is 0 Å². The Morgan fingerprint density at radius 1 is 1.03 bits per heavy atom. The molecule has 5 N–H and O–H groups in total. The number of nitrogens with two attached hydrogens (primary N) is 2. The van der Waals surface area contributed by atoms with Crippen molar-refractivity contribution in [2.45, 2.75) is 76.4 Å². The van der Waals surface area contributed by atoms with Crippen LogP contribution in [0.4, 0.5) is 11.8 Å². The van der Waals surface area contributed by atoms with Crippen LogP contribution < -0.4 is 16.4 Å². The molecular formula is C24H35N7O2.